The second-order valence-electron chi connectivity index (χ2n) is 7.28. The number of ether oxygens (including phenoxy) is 2. The van der Waals surface area contributed by atoms with Gasteiger partial charge < -0.3 is 9.47 Å². The van der Waals surface area contributed by atoms with E-state index < -0.39 is 0 Å². The van der Waals surface area contributed by atoms with Crippen LogP contribution in [-0.4, -0.2) is 43.1 Å². The van der Waals surface area contributed by atoms with Crippen molar-refractivity contribution in [1.82, 2.24) is 4.90 Å². The van der Waals surface area contributed by atoms with Gasteiger partial charge >= 0.3 is 0 Å². The number of amides is 2. The van der Waals surface area contributed by atoms with Gasteiger partial charge in [-0.3, -0.25) is 14.5 Å². The van der Waals surface area contributed by atoms with E-state index in [4.69, 9.17) is 9.47 Å². The van der Waals surface area contributed by atoms with E-state index in [2.05, 4.69) is 0 Å². The monoisotopic (exact) mass is 425 g/mol. The Hall–Kier alpha value is -2.57. The number of benzene rings is 2. The van der Waals surface area contributed by atoms with Gasteiger partial charge in [0.1, 0.15) is 5.75 Å². The van der Waals surface area contributed by atoms with Crippen LogP contribution in [0.1, 0.15) is 31.4 Å². The van der Waals surface area contributed by atoms with Crippen LogP contribution < -0.4 is 4.74 Å². The molecule has 0 fully saturated rings. The molecule has 0 N–H and O–H groups in total. The van der Waals surface area contributed by atoms with Crippen molar-refractivity contribution in [1.29, 1.82) is 0 Å². The first kappa shape index (κ1) is 22.1. The highest BCUT2D eigenvalue weighted by molar-refractivity contribution is 8.03. The lowest BCUT2D eigenvalue weighted by Crippen LogP contribution is -2.33. The molecule has 158 valence electrons. The van der Waals surface area contributed by atoms with Crippen LogP contribution in [0.15, 0.2) is 59.5 Å². The Balaban J connectivity index is 1.88. The molecule has 1 aliphatic rings. The van der Waals surface area contributed by atoms with Crippen LogP contribution in [-0.2, 0) is 20.1 Å². The standard InChI is InChI=1S/C24H27NO4S/c1-17(2)29-20-12-10-19(11-13-20)21-22(30-16-18-8-5-4-6-9-18)24(27)25(23(21)26)14-7-15-28-3/h4-6,8-13,17H,7,14-16H2,1-3H3. The highest BCUT2D eigenvalue weighted by Crippen LogP contribution is 2.38. The van der Waals surface area contributed by atoms with E-state index >= 15 is 0 Å². The van der Waals surface area contributed by atoms with E-state index in [1.54, 1.807) is 7.11 Å². The fourth-order valence-electron chi connectivity index (χ4n) is 3.21. The largest absolute Gasteiger partial charge is 0.491 e. The Labute approximate surface area is 182 Å². The predicted molar refractivity (Wildman–Crippen MR) is 120 cm³/mol. The third kappa shape index (κ3) is 5.32. The van der Waals surface area contributed by atoms with Gasteiger partial charge in [0.25, 0.3) is 11.8 Å². The van der Waals surface area contributed by atoms with Crippen molar-refractivity contribution in [2.75, 3.05) is 20.3 Å². The van der Waals surface area contributed by atoms with Crippen molar-refractivity contribution in [3.8, 4) is 5.75 Å². The number of rotatable bonds is 10. The number of hydrogen-bond acceptors (Lipinski definition) is 5. The van der Waals surface area contributed by atoms with Crippen molar-refractivity contribution in [2.45, 2.75) is 32.1 Å². The summed E-state index contributed by atoms with van der Waals surface area (Å²) in [5.74, 6) is 0.888. The van der Waals surface area contributed by atoms with Crippen molar-refractivity contribution in [3.63, 3.8) is 0 Å². The molecule has 30 heavy (non-hydrogen) atoms. The highest BCUT2D eigenvalue weighted by atomic mass is 32.2. The van der Waals surface area contributed by atoms with Gasteiger partial charge in [-0.2, -0.15) is 0 Å². The molecule has 0 saturated carbocycles. The zero-order chi connectivity index (χ0) is 21.5. The van der Waals surface area contributed by atoms with Crippen LogP contribution in [0, 0.1) is 0 Å². The zero-order valence-corrected chi connectivity index (χ0v) is 18.4. The molecule has 0 saturated heterocycles. The Bertz CT molecular complexity index is 907. The molecule has 1 heterocycles. The van der Waals surface area contributed by atoms with E-state index in [9.17, 15) is 9.59 Å². The molecule has 2 aromatic carbocycles. The number of carbonyl (C=O) groups excluding carboxylic acids is 2. The van der Waals surface area contributed by atoms with E-state index in [0.717, 1.165) is 16.9 Å². The molecule has 5 nitrogen and oxygen atoms in total. The third-order valence-corrected chi connectivity index (χ3v) is 5.74. The summed E-state index contributed by atoms with van der Waals surface area (Å²) in [7, 11) is 1.61. The summed E-state index contributed by atoms with van der Waals surface area (Å²) in [6.07, 6.45) is 0.678. The second-order valence-corrected chi connectivity index (χ2v) is 8.26. The molecule has 2 aromatic rings. The molecule has 2 amide bonds. The fraction of sp³-hybridized carbons (Fsp3) is 0.333. The maximum absolute atomic E-state index is 13.2. The highest BCUT2D eigenvalue weighted by Gasteiger charge is 2.38. The normalized spacial score (nSPS) is 14.2. The Morgan fingerprint density at radius 2 is 1.67 bits per heavy atom. The van der Waals surface area contributed by atoms with Crippen LogP contribution in [0.25, 0.3) is 5.57 Å². The predicted octanol–water partition coefficient (Wildman–Crippen LogP) is 4.52. The van der Waals surface area contributed by atoms with E-state index in [1.165, 1.54) is 16.7 Å². The van der Waals surface area contributed by atoms with Crippen molar-refractivity contribution in [2.24, 2.45) is 0 Å². The molecular formula is C24H27NO4S. The summed E-state index contributed by atoms with van der Waals surface area (Å²) < 4.78 is 10.8. The molecule has 6 heteroatoms. The zero-order valence-electron chi connectivity index (χ0n) is 17.6. The molecule has 0 spiro atoms. The lowest BCUT2D eigenvalue weighted by Gasteiger charge is -2.14. The van der Waals surface area contributed by atoms with Gasteiger partial charge in [0.2, 0.25) is 0 Å². The van der Waals surface area contributed by atoms with Gasteiger partial charge in [-0.25, -0.2) is 0 Å². The van der Waals surface area contributed by atoms with Crippen LogP contribution >= 0.6 is 11.8 Å². The SMILES string of the molecule is COCCCN1C(=O)C(SCc2ccccc2)=C(c2ccc(OC(C)C)cc2)C1=O. The maximum Gasteiger partial charge on any atom is 0.267 e. The average molecular weight is 426 g/mol. The summed E-state index contributed by atoms with van der Waals surface area (Å²) in [4.78, 5) is 28.1. The van der Waals surface area contributed by atoms with E-state index in [1.807, 2.05) is 68.4 Å². The van der Waals surface area contributed by atoms with Crippen molar-refractivity contribution in [3.05, 3.63) is 70.6 Å². The van der Waals surface area contributed by atoms with E-state index in [-0.39, 0.29) is 17.9 Å². The molecule has 3 rings (SSSR count). The van der Waals surface area contributed by atoms with Gasteiger partial charge in [0.05, 0.1) is 16.6 Å². The van der Waals surface area contributed by atoms with Crippen LogP contribution in [0.5, 0.6) is 5.75 Å². The Kier molecular flexibility index (Phi) is 7.71. The summed E-state index contributed by atoms with van der Waals surface area (Å²) in [5, 5.41) is 0. The van der Waals surface area contributed by atoms with Gasteiger partial charge in [-0.15, -0.1) is 11.8 Å². The summed E-state index contributed by atoms with van der Waals surface area (Å²) >= 11 is 1.41. The van der Waals surface area contributed by atoms with Crippen LogP contribution in [0.4, 0.5) is 0 Å². The lowest BCUT2D eigenvalue weighted by molar-refractivity contribution is -0.136. The summed E-state index contributed by atoms with van der Waals surface area (Å²) in [6, 6.07) is 17.3. The number of methoxy groups -OCH3 is 1. The smallest absolute Gasteiger partial charge is 0.267 e. The minimum atomic E-state index is -0.246. The first-order valence-electron chi connectivity index (χ1n) is 10.0. The quantitative estimate of drug-likeness (QED) is 0.414. The number of imide groups is 1. The number of hydrogen-bond donors (Lipinski definition) is 0. The fourth-order valence-corrected chi connectivity index (χ4v) is 4.30. The lowest BCUT2D eigenvalue weighted by atomic mass is 10.1. The molecule has 0 aliphatic carbocycles. The number of carbonyl (C=O) groups is 2. The minimum Gasteiger partial charge on any atom is -0.491 e. The maximum atomic E-state index is 13.2. The van der Waals surface area contributed by atoms with Crippen molar-refractivity contribution >= 4 is 29.1 Å². The van der Waals surface area contributed by atoms with Crippen LogP contribution in [0.3, 0.4) is 0 Å². The summed E-state index contributed by atoms with van der Waals surface area (Å²) in [6.45, 7) is 4.77. The summed E-state index contributed by atoms with van der Waals surface area (Å²) in [5.41, 5.74) is 2.30. The second kappa shape index (κ2) is 10.5. The Morgan fingerprint density at radius 1 is 0.967 bits per heavy atom. The molecule has 0 aromatic heterocycles. The Morgan fingerprint density at radius 3 is 2.30 bits per heavy atom. The molecule has 0 atom stereocenters. The van der Waals surface area contributed by atoms with Crippen LogP contribution in [0.2, 0.25) is 0 Å². The van der Waals surface area contributed by atoms with Gasteiger partial charge in [0, 0.05) is 26.0 Å². The minimum absolute atomic E-state index is 0.0676. The first-order chi connectivity index (χ1) is 14.5. The van der Waals surface area contributed by atoms with Gasteiger partial charge in [0.15, 0.2) is 0 Å². The third-order valence-electron chi connectivity index (χ3n) is 4.60. The number of nitrogens with zero attached hydrogens (tertiary/aromatic N) is 1. The average Bonchev–Trinajstić information content (AvgIpc) is 2.97. The number of thioether (sulfide) groups is 1. The van der Waals surface area contributed by atoms with Gasteiger partial charge in [-0.1, -0.05) is 42.5 Å². The molecule has 0 radical (unpaired) electrons. The van der Waals surface area contributed by atoms with Gasteiger partial charge in [-0.05, 0) is 43.5 Å². The molecule has 0 bridgehead atoms. The molecule has 1 aliphatic heterocycles. The first-order valence-corrected chi connectivity index (χ1v) is 11.0. The molecular weight excluding hydrogens is 398 g/mol. The topological polar surface area (TPSA) is 55.8 Å². The van der Waals surface area contributed by atoms with Crippen molar-refractivity contribution < 1.29 is 19.1 Å². The van der Waals surface area contributed by atoms with E-state index in [0.29, 0.717) is 35.8 Å². The molecule has 0 unspecified atom stereocenters.